The lowest BCUT2D eigenvalue weighted by Crippen LogP contribution is -2.56. The summed E-state index contributed by atoms with van der Waals surface area (Å²) < 4.78 is 0. The highest BCUT2D eigenvalue weighted by atomic mass is 14.8. The van der Waals surface area contributed by atoms with E-state index < -0.39 is 0 Å². The van der Waals surface area contributed by atoms with Crippen LogP contribution in [0.15, 0.2) is 36.5 Å². The van der Waals surface area contributed by atoms with Crippen LogP contribution < -0.4 is 11.5 Å². The molecular formula is C20H35BN2. The smallest absolute Gasteiger partial charge is 0.107 e. The predicted octanol–water partition coefficient (Wildman–Crippen LogP) is 4.28. The van der Waals surface area contributed by atoms with Crippen molar-refractivity contribution >= 4 is 7.85 Å². The van der Waals surface area contributed by atoms with Crippen molar-refractivity contribution in [2.75, 3.05) is 6.54 Å². The molecule has 23 heavy (non-hydrogen) atoms. The van der Waals surface area contributed by atoms with Gasteiger partial charge in [0.15, 0.2) is 0 Å². The molecule has 1 rings (SSSR count). The maximum Gasteiger partial charge on any atom is 0.107 e. The fourth-order valence-electron chi connectivity index (χ4n) is 5.72. The van der Waals surface area contributed by atoms with Crippen molar-refractivity contribution in [1.29, 1.82) is 0 Å². The molecule has 0 saturated heterocycles. The van der Waals surface area contributed by atoms with E-state index in [1.807, 2.05) is 0 Å². The van der Waals surface area contributed by atoms with Gasteiger partial charge in [-0.1, -0.05) is 47.8 Å². The summed E-state index contributed by atoms with van der Waals surface area (Å²) >= 11 is 0. The molecule has 0 bridgehead atoms. The monoisotopic (exact) mass is 314 g/mol. The van der Waals surface area contributed by atoms with Crippen LogP contribution in [0.5, 0.6) is 0 Å². The number of allylic oxidation sites excluding steroid dienone is 2. The minimum Gasteiger partial charge on any atom is -0.399 e. The molecule has 3 unspecified atom stereocenters. The van der Waals surface area contributed by atoms with E-state index in [0.717, 1.165) is 31.3 Å². The lowest BCUT2D eigenvalue weighted by Gasteiger charge is -2.60. The molecule has 0 aromatic carbocycles. The van der Waals surface area contributed by atoms with Gasteiger partial charge in [0.05, 0.1) is 0 Å². The molecule has 3 atom stereocenters. The van der Waals surface area contributed by atoms with E-state index in [-0.39, 0.29) is 21.7 Å². The molecule has 0 amide bonds. The first-order valence-corrected chi connectivity index (χ1v) is 8.73. The van der Waals surface area contributed by atoms with Crippen LogP contribution in [0.2, 0.25) is 0 Å². The van der Waals surface area contributed by atoms with Gasteiger partial charge in [0.1, 0.15) is 7.85 Å². The molecular weight excluding hydrogens is 279 g/mol. The summed E-state index contributed by atoms with van der Waals surface area (Å²) in [7, 11) is 6.48. The lowest BCUT2D eigenvalue weighted by molar-refractivity contribution is -0.0483. The van der Waals surface area contributed by atoms with Gasteiger partial charge in [0.2, 0.25) is 0 Å². The molecule has 0 aliphatic heterocycles. The molecule has 3 heteroatoms. The molecule has 1 fully saturated rings. The zero-order valence-electron chi connectivity index (χ0n) is 15.9. The average Bonchev–Trinajstić information content (AvgIpc) is 2.78. The highest BCUT2D eigenvalue weighted by Gasteiger charge is 2.68. The largest absolute Gasteiger partial charge is 0.399 e. The van der Waals surface area contributed by atoms with Gasteiger partial charge < -0.3 is 11.5 Å². The average molecular weight is 314 g/mol. The summed E-state index contributed by atoms with van der Waals surface area (Å²) in [5, 5.41) is 0. The van der Waals surface area contributed by atoms with Crippen molar-refractivity contribution in [2.45, 2.75) is 60.3 Å². The second-order valence-corrected chi connectivity index (χ2v) is 8.11. The summed E-state index contributed by atoms with van der Waals surface area (Å²) in [6.07, 6.45) is 3.94. The zero-order valence-corrected chi connectivity index (χ0v) is 15.9. The van der Waals surface area contributed by atoms with Gasteiger partial charge >= 0.3 is 0 Å². The van der Waals surface area contributed by atoms with Crippen LogP contribution in [0, 0.1) is 21.7 Å². The quantitative estimate of drug-likeness (QED) is 0.544. The van der Waals surface area contributed by atoms with Crippen molar-refractivity contribution in [3.05, 3.63) is 36.5 Å². The molecule has 4 N–H and O–H groups in total. The Morgan fingerprint density at radius 1 is 1.13 bits per heavy atom. The van der Waals surface area contributed by atoms with Gasteiger partial charge in [-0.2, -0.15) is 0 Å². The van der Waals surface area contributed by atoms with Gasteiger partial charge in [-0.3, -0.25) is 0 Å². The first-order chi connectivity index (χ1) is 10.4. The molecule has 1 aliphatic rings. The van der Waals surface area contributed by atoms with Crippen molar-refractivity contribution in [1.82, 2.24) is 0 Å². The van der Waals surface area contributed by atoms with E-state index in [1.165, 1.54) is 0 Å². The van der Waals surface area contributed by atoms with Gasteiger partial charge in [-0.15, -0.1) is 12.1 Å². The Kier molecular flexibility index (Phi) is 5.38. The van der Waals surface area contributed by atoms with E-state index in [2.05, 4.69) is 54.4 Å². The van der Waals surface area contributed by atoms with Gasteiger partial charge in [-0.25, -0.2) is 0 Å². The molecule has 0 aromatic heterocycles. The number of nitrogens with two attached hydrogens (primary N) is 2. The first-order valence-electron chi connectivity index (χ1n) is 8.73. The summed E-state index contributed by atoms with van der Waals surface area (Å²) in [5.41, 5.74) is 13.8. The topological polar surface area (TPSA) is 52.0 Å². The highest BCUT2D eigenvalue weighted by Crippen LogP contribution is 2.75. The van der Waals surface area contributed by atoms with Crippen LogP contribution in [0.4, 0.5) is 0 Å². The van der Waals surface area contributed by atoms with E-state index in [0.29, 0.717) is 17.7 Å². The number of hydrogen-bond donors (Lipinski definition) is 2. The Hall–Kier alpha value is -0.955. The van der Waals surface area contributed by atoms with Crippen LogP contribution in [-0.4, -0.2) is 14.4 Å². The summed E-state index contributed by atoms with van der Waals surface area (Å²) in [6, 6.07) is 0. The Balaban J connectivity index is 3.78. The molecule has 128 valence electrons. The van der Waals surface area contributed by atoms with Crippen molar-refractivity contribution < 1.29 is 0 Å². The number of rotatable bonds is 7. The van der Waals surface area contributed by atoms with Gasteiger partial charge in [0, 0.05) is 11.1 Å². The first kappa shape index (κ1) is 20.1. The molecule has 2 radical (unpaired) electrons. The standard InChI is InChI=1S/C20H35BN2/c1-9-19(14(3)15(4)23)11-12-20(10-2,17(6,7)13-22)18(19,8)16(5)21/h3-5,9-13,22-23H2,1-2,6-8H3. The van der Waals surface area contributed by atoms with E-state index >= 15 is 0 Å². The zero-order chi connectivity index (χ0) is 18.3. The molecule has 0 aromatic rings. The second-order valence-electron chi connectivity index (χ2n) is 8.11. The van der Waals surface area contributed by atoms with E-state index in [9.17, 15) is 0 Å². The summed E-state index contributed by atoms with van der Waals surface area (Å²) in [4.78, 5) is 0. The van der Waals surface area contributed by atoms with Crippen LogP contribution in [0.25, 0.3) is 0 Å². The van der Waals surface area contributed by atoms with Crippen LogP contribution in [0.1, 0.15) is 60.3 Å². The molecule has 1 saturated carbocycles. The van der Waals surface area contributed by atoms with Crippen molar-refractivity contribution in [3.63, 3.8) is 0 Å². The van der Waals surface area contributed by atoms with Gasteiger partial charge in [-0.05, 0) is 54.0 Å². The van der Waals surface area contributed by atoms with Crippen LogP contribution in [-0.2, 0) is 0 Å². The Morgan fingerprint density at radius 3 is 1.96 bits per heavy atom. The SMILES string of the molecule is [B]C(=C)C1(C)C(CC)(C(=C)C(=C)N)CCC1(CC)C(C)(C)CN. The summed E-state index contributed by atoms with van der Waals surface area (Å²) in [5.74, 6) is 0. The molecule has 0 spiro atoms. The van der Waals surface area contributed by atoms with E-state index in [1.54, 1.807) is 0 Å². The molecule has 1 aliphatic carbocycles. The molecule has 0 heterocycles. The van der Waals surface area contributed by atoms with Crippen molar-refractivity contribution in [3.8, 4) is 0 Å². The Labute approximate surface area is 144 Å². The highest BCUT2D eigenvalue weighted by molar-refractivity contribution is 6.22. The van der Waals surface area contributed by atoms with Crippen molar-refractivity contribution in [2.24, 2.45) is 33.1 Å². The lowest BCUT2D eigenvalue weighted by atomic mass is 9.42. The minimum absolute atomic E-state index is 0.0466. The predicted molar refractivity (Wildman–Crippen MR) is 103 cm³/mol. The summed E-state index contributed by atoms with van der Waals surface area (Å²) in [6.45, 7) is 24.3. The number of hydrogen-bond acceptors (Lipinski definition) is 2. The van der Waals surface area contributed by atoms with Crippen LogP contribution in [0.3, 0.4) is 0 Å². The van der Waals surface area contributed by atoms with Crippen LogP contribution >= 0.6 is 0 Å². The normalized spacial score (nSPS) is 34.3. The maximum atomic E-state index is 6.48. The third-order valence-electron chi connectivity index (χ3n) is 7.51. The third-order valence-corrected chi connectivity index (χ3v) is 7.51. The van der Waals surface area contributed by atoms with Gasteiger partial charge in [0.25, 0.3) is 0 Å². The molecule has 2 nitrogen and oxygen atoms in total. The minimum atomic E-state index is -0.328. The maximum absolute atomic E-state index is 6.48. The second kappa shape index (κ2) is 6.16. The third kappa shape index (κ3) is 2.27. The van der Waals surface area contributed by atoms with E-state index in [4.69, 9.17) is 19.3 Å². The fourth-order valence-corrected chi connectivity index (χ4v) is 5.72. The Morgan fingerprint density at radius 2 is 1.65 bits per heavy atom. The fraction of sp³-hybridized carbons (Fsp3) is 0.700. The Bertz CT molecular complexity index is 522.